The van der Waals surface area contributed by atoms with E-state index < -0.39 is 54.5 Å². The number of nitrogens with one attached hydrogen (secondary N) is 3. The molecule has 0 heterocycles. The Morgan fingerprint density at radius 1 is 1.07 bits per heavy atom. The molecule has 0 fully saturated rings. The van der Waals surface area contributed by atoms with Gasteiger partial charge in [0.1, 0.15) is 6.04 Å². The number of hydrogen-bond acceptors (Lipinski definition) is 7. The zero-order valence-electron chi connectivity index (χ0n) is 16.7. The SMILES string of the molecule is CSCCC(N)C(=O)NC(CC(C)C)C(=O)NCC(=O)NC(C(=O)O)C(C)O. The summed E-state index contributed by atoms with van der Waals surface area (Å²) >= 11 is 1.56. The minimum Gasteiger partial charge on any atom is -0.480 e. The molecule has 4 unspecified atom stereocenters. The molecule has 3 amide bonds. The fourth-order valence-electron chi connectivity index (χ4n) is 2.26. The second-order valence-corrected chi connectivity index (χ2v) is 7.91. The van der Waals surface area contributed by atoms with Crippen LogP contribution in [0.15, 0.2) is 0 Å². The molecule has 162 valence electrons. The molecule has 28 heavy (non-hydrogen) atoms. The first-order valence-electron chi connectivity index (χ1n) is 9.02. The third kappa shape index (κ3) is 10.5. The lowest BCUT2D eigenvalue weighted by atomic mass is 10.0. The lowest BCUT2D eigenvalue weighted by Crippen LogP contribution is -2.54. The van der Waals surface area contributed by atoms with Gasteiger partial charge in [0.15, 0.2) is 6.04 Å². The summed E-state index contributed by atoms with van der Waals surface area (Å²) in [5, 5.41) is 25.4. The molecule has 7 N–H and O–H groups in total. The van der Waals surface area contributed by atoms with Gasteiger partial charge in [0.05, 0.1) is 18.7 Å². The van der Waals surface area contributed by atoms with Crippen molar-refractivity contribution in [1.82, 2.24) is 16.0 Å². The quantitative estimate of drug-likeness (QED) is 0.213. The number of carbonyl (C=O) groups is 4. The van der Waals surface area contributed by atoms with Gasteiger partial charge in [0.25, 0.3) is 0 Å². The van der Waals surface area contributed by atoms with Gasteiger partial charge in [-0.05, 0) is 37.7 Å². The standard InChI is InChI=1S/C17H32N4O6S/c1-9(2)7-12(20-15(24)11(18)5-6-28-4)16(25)19-8-13(23)21-14(10(3)22)17(26)27/h9-12,14,22H,5-8,18H2,1-4H3,(H,19,25)(H,20,24)(H,21,23)(H,26,27). The molecule has 0 radical (unpaired) electrons. The number of carboxylic acids is 1. The van der Waals surface area contributed by atoms with Gasteiger partial charge in [-0.2, -0.15) is 11.8 Å². The minimum atomic E-state index is -1.48. The van der Waals surface area contributed by atoms with E-state index in [2.05, 4.69) is 16.0 Å². The average Bonchev–Trinajstić information content (AvgIpc) is 2.60. The Kier molecular flexibility index (Phi) is 12.5. The van der Waals surface area contributed by atoms with Crippen molar-refractivity contribution in [2.45, 2.75) is 57.8 Å². The van der Waals surface area contributed by atoms with Crippen LogP contribution in [-0.2, 0) is 19.2 Å². The minimum absolute atomic E-state index is 0.0962. The van der Waals surface area contributed by atoms with Crippen molar-refractivity contribution >= 4 is 35.5 Å². The molecule has 0 aliphatic rings. The van der Waals surface area contributed by atoms with Crippen molar-refractivity contribution in [2.75, 3.05) is 18.6 Å². The van der Waals surface area contributed by atoms with Crippen LogP contribution < -0.4 is 21.7 Å². The summed E-state index contributed by atoms with van der Waals surface area (Å²) < 4.78 is 0. The van der Waals surface area contributed by atoms with Gasteiger partial charge in [0.2, 0.25) is 17.7 Å². The Bertz CT molecular complexity index is 544. The van der Waals surface area contributed by atoms with E-state index in [4.69, 9.17) is 10.8 Å². The summed E-state index contributed by atoms with van der Waals surface area (Å²) in [6.45, 7) is 4.50. The lowest BCUT2D eigenvalue weighted by molar-refractivity contribution is -0.144. The second kappa shape index (κ2) is 13.3. The van der Waals surface area contributed by atoms with E-state index in [-0.39, 0.29) is 5.92 Å². The van der Waals surface area contributed by atoms with Gasteiger partial charge in [-0.1, -0.05) is 13.8 Å². The van der Waals surface area contributed by atoms with E-state index in [0.717, 1.165) is 0 Å². The maximum atomic E-state index is 12.4. The number of aliphatic hydroxyl groups is 1. The van der Waals surface area contributed by atoms with Crippen molar-refractivity contribution in [1.29, 1.82) is 0 Å². The van der Waals surface area contributed by atoms with Crippen molar-refractivity contribution in [3.05, 3.63) is 0 Å². The smallest absolute Gasteiger partial charge is 0.328 e. The summed E-state index contributed by atoms with van der Waals surface area (Å²) in [5.74, 6) is -2.37. The first kappa shape index (κ1) is 26.1. The summed E-state index contributed by atoms with van der Waals surface area (Å²) in [5.41, 5.74) is 5.82. The Morgan fingerprint density at radius 3 is 2.14 bits per heavy atom. The molecule has 0 aliphatic carbocycles. The van der Waals surface area contributed by atoms with Crippen LogP contribution in [0.5, 0.6) is 0 Å². The number of aliphatic carboxylic acids is 1. The van der Waals surface area contributed by atoms with E-state index in [9.17, 15) is 24.3 Å². The van der Waals surface area contributed by atoms with Gasteiger partial charge < -0.3 is 31.9 Å². The number of nitrogens with two attached hydrogens (primary N) is 1. The Labute approximate surface area is 169 Å². The molecule has 0 aromatic heterocycles. The highest BCUT2D eigenvalue weighted by molar-refractivity contribution is 7.98. The fourth-order valence-corrected chi connectivity index (χ4v) is 2.75. The molecule has 0 bridgehead atoms. The molecular formula is C17H32N4O6S. The van der Waals surface area contributed by atoms with Crippen LogP contribution in [0.4, 0.5) is 0 Å². The monoisotopic (exact) mass is 420 g/mol. The number of rotatable bonds is 13. The molecule has 0 rings (SSSR count). The molecule has 0 saturated heterocycles. The molecule has 11 heteroatoms. The molecule has 0 spiro atoms. The summed E-state index contributed by atoms with van der Waals surface area (Å²) in [4.78, 5) is 47.4. The number of amides is 3. The van der Waals surface area contributed by atoms with Crippen LogP contribution >= 0.6 is 11.8 Å². The number of carboxylic acid groups (broad SMARTS) is 1. The topological polar surface area (TPSA) is 171 Å². The van der Waals surface area contributed by atoms with E-state index in [0.29, 0.717) is 18.6 Å². The van der Waals surface area contributed by atoms with Crippen LogP contribution in [0.3, 0.4) is 0 Å². The van der Waals surface area contributed by atoms with Crippen molar-refractivity contribution in [3.63, 3.8) is 0 Å². The van der Waals surface area contributed by atoms with Crippen molar-refractivity contribution in [3.8, 4) is 0 Å². The first-order chi connectivity index (χ1) is 13.0. The molecule has 4 atom stereocenters. The summed E-state index contributed by atoms with van der Waals surface area (Å²) in [7, 11) is 0. The van der Waals surface area contributed by atoms with Gasteiger partial charge in [-0.3, -0.25) is 14.4 Å². The van der Waals surface area contributed by atoms with Crippen LogP contribution in [-0.4, -0.2) is 76.7 Å². The highest BCUT2D eigenvalue weighted by atomic mass is 32.2. The van der Waals surface area contributed by atoms with Gasteiger partial charge in [0, 0.05) is 0 Å². The lowest BCUT2D eigenvalue weighted by Gasteiger charge is -2.22. The predicted molar refractivity (Wildman–Crippen MR) is 107 cm³/mol. The van der Waals surface area contributed by atoms with Gasteiger partial charge in [-0.15, -0.1) is 0 Å². The first-order valence-corrected chi connectivity index (χ1v) is 10.4. The average molecular weight is 421 g/mol. The molecule has 10 nitrogen and oxygen atoms in total. The van der Waals surface area contributed by atoms with Gasteiger partial charge >= 0.3 is 5.97 Å². The predicted octanol–water partition coefficient (Wildman–Crippen LogP) is -1.34. The highest BCUT2D eigenvalue weighted by Gasteiger charge is 2.27. The van der Waals surface area contributed by atoms with E-state index in [1.54, 1.807) is 11.8 Å². The zero-order chi connectivity index (χ0) is 21.9. The zero-order valence-corrected chi connectivity index (χ0v) is 17.5. The van der Waals surface area contributed by atoms with Crippen LogP contribution in [0, 0.1) is 5.92 Å². The molecule has 0 aliphatic heterocycles. The number of aliphatic hydroxyl groups excluding tert-OH is 1. The number of hydrogen-bond donors (Lipinski definition) is 6. The van der Waals surface area contributed by atoms with E-state index in [1.807, 2.05) is 20.1 Å². The normalized spacial score (nSPS) is 15.2. The van der Waals surface area contributed by atoms with Crippen LogP contribution in [0.1, 0.15) is 33.6 Å². The van der Waals surface area contributed by atoms with Crippen molar-refractivity contribution < 1.29 is 29.4 Å². The Morgan fingerprint density at radius 2 is 1.68 bits per heavy atom. The van der Waals surface area contributed by atoms with Crippen molar-refractivity contribution in [2.24, 2.45) is 11.7 Å². The maximum absolute atomic E-state index is 12.4. The Balaban J connectivity index is 4.78. The summed E-state index contributed by atoms with van der Waals surface area (Å²) in [6, 6.07) is -3.08. The number of carbonyl (C=O) groups excluding carboxylic acids is 3. The third-order valence-electron chi connectivity index (χ3n) is 3.80. The maximum Gasteiger partial charge on any atom is 0.328 e. The fraction of sp³-hybridized carbons (Fsp3) is 0.765. The third-order valence-corrected chi connectivity index (χ3v) is 4.44. The van der Waals surface area contributed by atoms with Crippen LogP contribution in [0.25, 0.3) is 0 Å². The molecule has 0 aromatic rings. The molecular weight excluding hydrogens is 388 g/mol. The van der Waals surface area contributed by atoms with Crippen LogP contribution in [0.2, 0.25) is 0 Å². The Hall–Kier alpha value is -1.85. The summed E-state index contributed by atoms with van der Waals surface area (Å²) in [6.07, 6.45) is 1.42. The largest absolute Gasteiger partial charge is 0.480 e. The highest BCUT2D eigenvalue weighted by Crippen LogP contribution is 2.06. The molecule has 0 saturated carbocycles. The van der Waals surface area contributed by atoms with Gasteiger partial charge in [-0.25, -0.2) is 4.79 Å². The van der Waals surface area contributed by atoms with E-state index >= 15 is 0 Å². The molecule has 0 aromatic carbocycles. The van der Waals surface area contributed by atoms with E-state index in [1.165, 1.54) is 6.92 Å². The number of thioether (sulfide) groups is 1. The second-order valence-electron chi connectivity index (χ2n) is 6.92.